The third-order valence-electron chi connectivity index (χ3n) is 2.36. The Kier molecular flexibility index (Phi) is 3.63. The maximum atomic E-state index is 11.9. The fourth-order valence-electron chi connectivity index (χ4n) is 1.54. The van der Waals surface area contributed by atoms with Crippen molar-refractivity contribution in [3.8, 4) is 0 Å². The number of tetrazole rings is 1. The first-order valence-corrected chi connectivity index (χ1v) is 5.53. The van der Waals surface area contributed by atoms with Crippen LogP contribution in [0.3, 0.4) is 0 Å². The van der Waals surface area contributed by atoms with E-state index < -0.39 is 0 Å². The van der Waals surface area contributed by atoms with Crippen LogP contribution in [0, 0.1) is 0 Å². The maximum absolute atomic E-state index is 11.9. The minimum atomic E-state index is -0.262. The predicted molar refractivity (Wildman–Crippen MR) is 66.0 cm³/mol. The largest absolute Gasteiger partial charge is 0.330 e. The Morgan fingerprint density at radius 3 is 3.00 bits per heavy atom. The van der Waals surface area contributed by atoms with Crippen molar-refractivity contribution in [2.45, 2.75) is 6.42 Å². The summed E-state index contributed by atoms with van der Waals surface area (Å²) >= 11 is 0. The third kappa shape index (κ3) is 2.89. The van der Waals surface area contributed by atoms with Gasteiger partial charge in [-0.3, -0.25) is 10.1 Å². The zero-order chi connectivity index (χ0) is 13.0. The molecule has 0 unspecified atom stereocenters. The molecule has 18 heavy (non-hydrogen) atoms. The molecule has 94 valence electrons. The summed E-state index contributed by atoms with van der Waals surface area (Å²) in [6, 6.07) is 7.29. The number of nitrogens with two attached hydrogens (primary N) is 1. The number of carbonyl (C=O) groups excluding carboxylic acids is 1. The predicted octanol–water partition coefficient (Wildman–Crippen LogP) is -0.0364. The second kappa shape index (κ2) is 5.37. The van der Waals surface area contributed by atoms with Crippen molar-refractivity contribution in [3.63, 3.8) is 0 Å². The van der Waals surface area contributed by atoms with Crippen molar-refractivity contribution in [2.75, 3.05) is 11.9 Å². The number of nitrogens with zero attached hydrogens (tertiary/aromatic N) is 4. The number of carbonyl (C=O) groups is 1. The molecule has 0 saturated heterocycles. The van der Waals surface area contributed by atoms with E-state index in [2.05, 4.69) is 20.7 Å². The van der Waals surface area contributed by atoms with Crippen LogP contribution in [0.5, 0.6) is 0 Å². The standard InChI is InChI=1S/C11H14N6O/c1-17-15-11(14-16-17)13-10(18)9-4-2-3-8(7-9)5-6-12/h2-4,7H,5-6,12H2,1H3,(H,13,15,18). The van der Waals surface area contributed by atoms with Gasteiger partial charge in [-0.2, -0.15) is 4.80 Å². The average Bonchev–Trinajstić information content (AvgIpc) is 2.75. The summed E-state index contributed by atoms with van der Waals surface area (Å²) in [5.41, 5.74) is 7.06. The van der Waals surface area contributed by atoms with Crippen molar-refractivity contribution in [3.05, 3.63) is 35.4 Å². The normalized spacial score (nSPS) is 10.3. The Morgan fingerprint density at radius 1 is 1.50 bits per heavy atom. The topological polar surface area (TPSA) is 98.7 Å². The molecule has 0 aliphatic rings. The Bertz CT molecular complexity index is 550. The van der Waals surface area contributed by atoms with Gasteiger partial charge in [0.05, 0.1) is 7.05 Å². The number of nitrogens with one attached hydrogen (secondary N) is 1. The first kappa shape index (κ1) is 12.2. The Labute approximate surface area is 104 Å². The summed E-state index contributed by atoms with van der Waals surface area (Å²) in [6.07, 6.45) is 0.741. The smallest absolute Gasteiger partial charge is 0.270 e. The van der Waals surface area contributed by atoms with Gasteiger partial charge in [0.25, 0.3) is 11.9 Å². The first-order chi connectivity index (χ1) is 8.69. The van der Waals surface area contributed by atoms with Gasteiger partial charge in [-0.1, -0.05) is 17.2 Å². The summed E-state index contributed by atoms with van der Waals surface area (Å²) in [4.78, 5) is 13.2. The lowest BCUT2D eigenvalue weighted by Gasteiger charge is -2.03. The van der Waals surface area contributed by atoms with Crippen molar-refractivity contribution in [1.29, 1.82) is 0 Å². The van der Waals surface area contributed by atoms with E-state index in [1.165, 1.54) is 4.80 Å². The van der Waals surface area contributed by atoms with Gasteiger partial charge in [0.15, 0.2) is 0 Å². The molecule has 0 fully saturated rings. The highest BCUT2D eigenvalue weighted by Crippen LogP contribution is 2.07. The zero-order valence-corrected chi connectivity index (χ0v) is 10.00. The number of amides is 1. The Morgan fingerprint density at radius 2 is 2.33 bits per heavy atom. The molecule has 1 amide bonds. The van der Waals surface area contributed by atoms with E-state index in [4.69, 9.17) is 5.73 Å². The van der Waals surface area contributed by atoms with Crippen molar-refractivity contribution in [2.24, 2.45) is 12.8 Å². The molecule has 0 radical (unpaired) electrons. The molecule has 1 aromatic carbocycles. The summed E-state index contributed by atoms with van der Waals surface area (Å²) < 4.78 is 0. The van der Waals surface area contributed by atoms with Gasteiger partial charge in [0.1, 0.15) is 0 Å². The molecule has 2 aromatic rings. The summed E-state index contributed by atoms with van der Waals surface area (Å²) in [7, 11) is 1.63. The number of benzene rings is 1. The fraction of sp³-hybridized carbons (Fsp3) is 0.273. The second-order valence-corrected chi connectivity index (χ2v) is 3.80. The van der Waals surface area contributed by atoms with Crippen LogP contribution < -0.4 is 11.1 Å². The Hall–Kier alpha value is -2.28. The van der Waals surface area contributed by atoms with Gasteiger partial charge >= 0.3 is 0 Å². The van der Waals surface area contributed by atoms with Crippen molar-refractivity contribution in [1.82, 2.24) is 20.2 Å². The van der Waals surface area contributed by atoms with E-state index in [1.54, 1.807) is 19.2 Å². The molecule has 0 aliphatic heterocycles. The monoisotopic (exact) mass is 246 g/mol. The number of aromatic nitrogens is 4. The zero-order valence-electron chi connectivity index (χ0n) is 10.00. The van der Waals surface area contributed by atoms with Crippen LogP contribution in [0.2, 0.25) is 0 Å². The molecule has 0 spiro atoms. The van der Waals surface area contributed by atoms with Crippen LogP contribution in [-0.2, 0) is 13.5 Å². The molecule has 0 bridgehead atoms. The van der Waals surface area contributed by atoms with Gasteiger partial charge < -0.3 is 5.73 Å². The van der Waals surface area contributed by atoms with Crippen molar-refractivity contribution < 1.29 is 4.79 Å². The van der Waals surface area contributed by atoms with Crippen LogP contribution in [0.1, 0.15) is 15.9 Å². The summed E-state index contributed by atoms with van der Waals surface area (Å²) in [5, 5.41) is 13.8. The van der Waals surface area contributed by atoms with Crippen LogP contribution in [-0.4, -0.2) is 32.7 Å². The lowest BCUT2D eigenvalue weighted by molar-refractivity contribution is 0.102. The van der Waals surface area contributed by atoms with E-state index in [0.717, 1.165) is 12.0 Å². The molecule has 2 rings (SSSR count). The summed E-state index contributed by atoms with van der Waals surface area (Å²) in [5.74, 6) is -0.0754. The molecular weight excluding hydrogens is 232 g/mol. The van der Waals surface area contributed by atoms with Crippen LogP contribution in [0.25, 0.3) is 0 Å². The minimum Gasteiger partial charge on any atom is -0.330 e. The second-order valence-electron chi connectivity index (χ2n) is 3.80. The van der Waals surface area contributed by atoms with Crippen LogP contribution in [0.4, 0.5) is 5.95 Å². The minimum absolute atomic E-state index is 0.187. The molecule has 0 aliphatic carbocycles. The molecule has 1 aromatic heterocycles. The fourth-order valence-corrected chi connectivity index (χ4v) is 1.54. The van der Waals surface area contributed by atoms with Gasteiger partial charge in [0, 0.05) is 5.56 Å². The number of anilines is 1. The molecule has 7 heteroatoms. The summed E-state index contributed by atoms with van der Waals surface area (Å²) in [6.45, 7) is 0.552. The SMILES string of the molecule is Cn1nnc(NC(=O)c2cccc(CCN)c2)n1. The van der Waals surface area contributed by atoms with E-state index in [1.807, 2.05) is 12.1 Å². The Balaban J connectivity index is 2.11. The maximum Gasteiger partial charge on any atom is 0.270 e. The van der Waals surface area contributed by atoms with E-state index in [-0.39, 0.29) is 11.9 Å². The molecule has 0 saturated carbocycles. The van der Waals surface area contributed by atoms with Gasteiger partial charge in [0.2, 0.25) is 0 Å². The quantitative estimate of drug-likeness (QED) is 0.789. The number of rotatable bonds is 4. The highest BCUT2D eigenvalue weighted by Gasteiger charge is 2.09. The molecule has 7 nitrogen and oxygen atoms in total. The van der Waals surface area contributed by atoms with Crippen LogP contribution >= 0.6 is 0 Å². The highest BCUT2D eigenvalue weighted by molar-refractivity contribution is 6.03. The van der Waals surface area contributed by atoms with Crippen molar-refractivity contribution >= 4 is 11.9 Å². The molecular formula is C11H14N6O. The number of hydrogen-bond donors (Lipinski definition) is 2. The number of aryl methyl sites for hydroxylation is 1. The van der Waals surface area contributed by atoms with Gasteiger partial charge in [-0.25, -0.2) is 0 Å². The molecule has 1 heterocycles. The van der Waals surface area contributed by atoms with E-state index >= 15 is 0 Å². The average molecular weight is 246 g/mol. The van der Waals surface area contributed by atoms with Gasteiger partial charge in [-0.05, 0) is 35.9 Å². The molecule has 3 N–H and O–H groups in total. The lowest BCUT2D eigenvalue weighted by atomic mass is 10.1. The first-order valence-electron chi connectivity index (χ1n) is 5.53. The van der Waals surface area contributed by atoms with Crippen LogP contribution in [0.15, 0.2) is 24.3 Å². The van der Waals surface area contributed by atoms with Gasteiger partial charge in [-0.15, -0.1) is 5.10 Å². The molecule has 0 atom stereocenters. The highest BCUT2D eigenvalue weighted by atomic mass is 16.1. The number of hydrogen-bond acceptors (Lipinski definition) is 5. The lowest BCUT2D eigenvalue weighted by Crippen LogP contribution is -2.14. The third-order valence-corrected chi connectivity index (χ3v) is 2.36. The van der Waals surface area contributed by atoms with E-state index in [0.29, 0.717) is 12.1 Å². The van der Waals surface area contributed by atoms with E-state index in [9.17, 15) is 4.79 Å².